The molecule has 2 N–H and O–H groups in total. The molecule has 1 atom stereocenters. The van der Waals surface area contributed by atoms with E-state index in [2.05, 4.69) is 15.6 Å². The van der Waals surface area contributed by atoms with Crippen molar-refractivity contribution in [1.29, 1.82) is 0 Å². The molecule has 0 saturated carbocycles. The van der Waals surface area contributed by atoms with E-state index in [1.807, 2.05) is 0 Å². The van der Waals surface area contributed by atoms with Gasteiger partial charge in [0.25, 0.3) is 11.8 Å². The number of hydrogen-bond donors (Lipinski definition) is 2. The Hall–Kier alpha value is -3.34. The quantitative estimate of drug-likeness (QED) is 0.685. The van der Waals surface area contributed by atoms with Crippen LogP contribution in [0.5, 0.6) is 0 Å². The van der Waals surface area contributed by atoms with Gasteiger partial charge < -0.3 is 10.1 Å². The standard InChI is InChI=1S/C18H17FN4O5S/c1-10(16(26)23-7-6-20-18(23)27)28-14(24)8-11-9-29-17(21-11)22-15(25)12-4-2-3-5-13(12)19/h2-5,9-10H,6-8H2,1H3,(H,20,27)(H,21,22,25). The van der Waals surface area contributed by atoms with Crippen LogP contribution >= 0.6 is 11.3 Å². The second kappa shape index (κ2) is 8.78. The summed E-state index contributed by atoms with van der Waals surface area (Å²) in [6, 6.07) is 5.01. The summed E-state index contributed by atoms with van der Waals surface area (Å²) in [7, 11) is 0. The fraction of sp³-hybridized carbons (Fsp3) is 0.278. The molecule has 11 heteroatoms. The van der Waals surface area contributed by atoms with Crippen molar-refractivity contribution < 1.29 is 28.3 Å². The lowest BCUT2D eigenvalue weighted by molar-refractivity contribution is -0.156. The molecule has 1 saturated heterocycles. The van der Waals surface area contributed by atoms with Crippen LogP contribution in [0.4, 0.5) is 14.3 Å². The van der Waals surface area contributed by atoms with Crippen LogP contribution in [0.25, 0.3) is 0 Å². The number of amides is 4. The van der Waals surface area contributed by atoms with Crippen LogP contribution in [0.1, 0.15) is 23.0 Å². The molecule has 1 fully saturated rings. The van der Waals surface area contributed by atoms with Gasteiger partial charge in [-0.25, -0.2) is 14.2 Å². The van der Waals surface area contributed by atoms with E-state index in [9.17, 15) is 23.6 Å². The molecule has 0 bridgehead atoms. The molecule has 3 rings (SSSR count). The molecule has 0 radical (unpaired) electrons. The van der Waals surface area contributed by atoms with Crippen LogP contribution in [0, 0.1) is 5.82 Å². The van der Waals surface area contributed by atoms with E-state index in [-0.39, 0.29) is 23.7 Å². The third-order valence-corrected chi connectivity index (χ3v) is 4.80. The second-order valence-electron chi connectivity index (χ2n) is 6.11. The first-order valence-corrected chi connectivity index (χ1v) is 9.52. The molecule has 0 aliphatic carbocycles. The molecule has 2 aromatic rings. The molecular weight excluding hydrogens is 403 g/mol. The number of urea groups is 1. The summed E-state index contributed by atoms with van der Waals surface area (Å²) in [5.74, 6) is -2.63. The predicted octanol–water partition coefficient (Wildman–Crippen LogP) is 1.56. The molecule has 4 amide bonds. The predicted molar refractivity (Wildman–Crippen MR) is 101 cm³/mol. The fourth-order valence-electron chi connectivity index (χ4n) is 2.59. The summed E-state index contributed by atoms with van der Waals surface area (Å²) >= 11 is 1.06. The van der Waals surface area contributed by atoms with E-state index in [1.54, 1.807) is 5.38 Å². The number of benzene rings is 1. The summed E-state index contributed by atoms with van der Waals surface area (Å²) in [5, 5.41) is 6.69. The first-order chi connectivity index (χ1) is 13.8. The van der Waals surface area contributed by atoms with Crippen molar-refractivity contribution in [2.24, 2.45) is 0 Å². The number of nitrogens with one attached hydrogen (secondary N) is 2. The van der Waals surface area contributed by atoms with E-state index in [4.69, 9.17) is 4.74 Å². The van der Waals surface area contributed by atoms with Crippen molar-refractivity contribution in [2.75, 3.05) is 18.4 Å². The fourth-order valence-corrected chi connectivity index (χ4v) is 3.30. The van der Waals surface area contributed by atoms with Gasteiger partial charge in [-0.1, -0.05) is 12.1 Å². The summed E-state index contributed by atoms with van der Waals surface area (Å²) < 4.78 is 18.7. The first kappa shape index (κ1) is 20.4. The largest absolute Gasteiger partial charge is 0.452 e. The van der Waals surface area contributed by atoms with Crippen LogP contribution in [0.3, 0.4) is 0 Å². The number of nitrogens with zero attached hydrogens (tertiary/aromatic N) is 2. The zero-order chi connectivity index (χ0) is 21.0. The van der Waals surface area contributed by atoms with Gasteiger partial charge in [-0.15, -0.1) is 11.3 Å². The lowest BCUT2D eigenvalue weighted by Crippen LogP contribution is -2.42. The Morgan fingerprint density at radius 2 is 2.14 bits per heavy atom. The highest BCUT2D eigenvalue weighted by molar-refractivity contribution is 7.14. The number of aromatic nitrogens is 1. The molecule has 1 aromatic carbocycles. The minimum Gasteiger partial charge on any atom is -0.452 e. The Morgan fingerprint density at radius 3 is 2.83 bits per heavy atom. The van der Waals surface area contributed by atoms with Crippen LogP contribution < -0.4 is 10.6 Å². The van der Waals surface area contributed by atoms with Gasteiger partial charge in [0.05, 0.1) is 17.7 Å². The summed E-state index contributed by atoms with van der Waals surface area (Å²) in [6.07, 6.45) is -1.35. The number of thiazole rings is 1. The maximum absolute atomic E-state index is 13.6. The molecule has 1 unspecified atom stereocenters. The van der Waals surface area contributed by atoms with E-state index >= 15 is 0 Å². The number of esters is 1. The summed E-state index contributed by atoms with van der Waals surface area (Å²) in [4.78, 5) is 52.8. The Kier molecular flexibility index (Phi) is 6.17. The van der Waals surface area contributed by atoms with Crippen molar-refractivity contribution in [3.05, 3.63) is 46.7 Å². The first-order valence-electron chi connectivity index (χ1n) is 8.64. The van der Waals surface area contributed by atoms with Crippen LogP contribution in [0.15, 0.2) is 29.6 Å². The summed E-state index contributed by atoms with van der Waals surface area (Å²) in [5.41, 5.74) is 0.198. The van der Waals surface area contributed by atoms with E-state index in [0.717, 1.165) is 16.2 Å². The minimum absolute atomic E-state index is 0.123. The highest BCUT2D eigenvalue weighted by Gasteiger charge is 2.31. The molecule has 9 nitrogen and oxygen atoms in total. The number of halogens is 1. The van der Waals surface area contributed by atoms with Gasteiger partial charge in [0, 0.05) is 18.5 Å². The number of carbonyl (C=O) groups excluding carboxylic acids is 4. The molecule has 1 aliphatic heterocycles. The average molecular weight is 420 g/mol. The van der Waals surface area contributed by atoms with Crippen molar-refractivity contribution in [3.63, 3.8) is 0 Å². The van der Waals surface area contributed by atoms with E-state index in [0.29, 0.717) is 12.2 Å². The number of ether oxygens (including phenoxy) is 1. The van der Waals surface area contributed by atoms with Gasteiger partial charge in [-0.3, -0.25) is 24.6 Å². The van der Waals surface area contributed by atoms with Crippen LogP contribution in [-0.2, 0) is 20.7 Å². The molecule has 0 spiro atoms. The maximum atomic E-state index is 13.6. The third-order valence-electron chi connectivity index (χ3n) is 3.99. The second-order valence-corrected chi connectivity index (χ2v) is 6.97. The SMILES string of the molecule is CC(OC(=O)Cc1csc(NC(=O)c2ccccc2F)n1)C(=O)N1CCNC1=O. The smallest absolute Gasteiger partial charge is 0.324 e. The highest BCUT2D eigenvalue weighted by atomic mass is 32.1. The highest BCUT2D eigenvalue weighted by Crippen LogP contribution is 2.18. The van der Waals surface area contributed by atoms with Gasteiger partial charge in [-0.2, -0.15) is 0 Å². The Morgan fingerprint density at radius 1 is 1.38 bits per heavy atom. The molecular formula is C18H17FN4O5S. The van der Waals surface area contributed by atoms with Gasteiger partial charge in [0.15, 0.2) is 11.2 Å². The number of carbonyl (C=O) groups is 4. The minimum atomic E-state index is -1.12. The zero-order valence-electron chi connectivity index (χ0n) is 15.3. The van der Waals surface area contributed by atoms with E-state index < -0.39 is 35.7 Å². The van der Waals surface area contributed by atoms with Gasteiger partial charge in [0.1, 0.15) is 5.82 Å². The number of anilines is 1. The lowest BCUT2D eigenvalue weighted by Gasteiger charge is -2.17. The van der Waals surface area contributed by atoms with Crippen LogP contribution in [0.2, 0.25) is 0 Å². The Labute approximate surface area is 168 Å². The van der Waals surface area contributed by atoms with Crippen molar-refractivity contribution in [3.8, 4) is 0 Å². The Bertz CT molecular complexity index is 963. The Balaban J connectivity index is 1.53. The van der Waals surface area contributed by atoms with Gasteiger partial charge in [-0.05, 0) is 19.1 Å². The topological polar surface area (TPSA) is 118 Å². The van der Waals surface area contributed by atoms with Crippen molar-refractivity contribution in [2.45, 2.75) is 19.4 Å². The summed E-state index contributed by atoms with van der Waals surface area (Å²) in [6.45, 7) is 1.95. The maximum Gasteiger partial charge on any atom is 0.324 e. The number of hydrogen-bond acceptors (Lipinski definition) is 7. The van der Waals surface area contributed by atoms with E-state index in [1.165, 1.54) is 31.2 Å². The monoisotopic (exact) mass is 420 g/mol. The van der Waals surface area contributed by atoms with Crippen molar-refractivity contribution >= 4 is 40.3 Å². The number of imide groups is 1. The molecule has 1 aromatic heterocycles. The van der Waals surface area contributed by atoms with Gasteiger partial charge in [0.2, 0.25) is 0 Å². The lowest BCUT2D eigenvalue weighted by atomic mass is 10.2. The normalized spacial score (nSPS) is 14.3. The molecule has 152 valence electrons. The van der Waals surface area contributed by atoms with Crippen LogP contribution in [-0.4, -0.2) is 52.9 Å². The zero-order valence-corrected chi connectivity index (χ0v) is 16.1. The average Bonchev–Trinajstić information content (AvgIpc) is 3.29. The van der Waals surface area contributed by atoms with Crippen molar-refractivity contribution in [1.82, 2.24) is 15.2 Å². The molecule has 29 heavy (non-hydrogen) atoms. The number of rotatable bonds is 6. The molecule has 1 aliphatic rings. The van der Waals surface area contributed by atoms with Gasteiger partial charge >= 0.3 is 12.0 Å². The third kappa shape index (κ3) is 4.93. The molecule has 2 heterocycles.